The molecule has 2 aromatic heterocycles. The van der Waals surface area contributed by atoms with Gasteiger partial charge < -0.3 is 19.2 Å². The van der Waals surface area contributed by atoms with E-state index in [0.717, 1.165) is 5.69 Å². The van der Waals surface area contributed by atoms with Crippen molar-refractivity contribution in [2.75, 3.05) is 18.5 Å². The number of aryl methyl sites for hydroxylation is 2. The van der Waals surface area contributed by atoms with Gasteiger partial charge in [0, 0.05) is 0 Å². The second-order valence-electron chi connectivity index (χ2n) is 4.86. The van der Waals surface area contributed by atoms with Gasteiger partial charge in [-0.2, -0.15) is 5.10 Å². The number of hydrogen-bond donors (Lipinski definition) is 1. The highest BCUT2D eigenvalue weighted by Gasteiger charge is 2.30. The molecule has 0 spiro atoms. The summed E-state index contributed by atoms with van der Waals surface area (Å²) in [5.41, 5.74) is 0.766. The Morgan fingerprint density at radius 1 is 1.04 bits per heavy atom. The van der Waals surface area contributed by atoms with Crippen molar-refractivity contribution in [2.45, 2.75) is 27.7 Å². The highest BCUT2D eigenvalue weighted by molar-refractivity contribution is 6.07. The number of rotatable bonds is 6. The van der Waals surface area contributed by atoms with Gasteiger partial charge in [-0.05, 0) is 39.8 Å². The minimum Gasteiger partial charge on any atom is -0.462 e. The molecule has 0 bridgehead atoms. The predicted molar refractivity (Wildman–Crippen MR) is 85.4 cm³/mol. The maximum Gasteiger partial charge on any atom is 0.344 e. The van der Waals surface area contributed by atoms with E-state index in [-0.39, 0.29) is 36.0 Å². The molecule has 128 valence electrons. The number of esters is 2. The maximum atomic E-state index is 12.3. The largest absolute Gasteiger partial charge is 0.462 e. The molecule has 0 fully saturated rings. The van der Waals surface area contributed by atoms with Crippen molar-refractivity contribution >= 4 is 23.6 Å². The molecule has 0 aliphatic heterocycles. The van der Waals surface area contributed by atoms with Gasteiger partial charge in [0.1, 0.15) is 16.9 Å². The lowest BCUT2D eigenvalue weighted by Crippen LogP contribution is -2.14. The second-order valence-corrected chi connectivity index (χ2v) is 4.86. The van der Waals surface area contributed by atoms with E-state index < -0.39 is 11.9 Å². The van der Waals surface area contributed by atoms with E-state index in [0.29, 0.717) is 5.82 Å². The van der Waals surface area contributed by atoms with Crippen LogP contribution in [0.3, 0.4) is 0 Å². The van der Waals surface area contributed by atoms with E-state index in [9.17, 15) is 9.59 Å². The molecule has 8 nitrogen and oxygen atoms in total. The SMILES string of the molecule is CCOC(=O)c1c(C)oc(Nc2ccc(C)nn2)c1C(=O)OCC. The standard InChI is InChI=1S/C16H19N3O5/c1-5-22-15(20)12-10(4)24-14(13(12)16(21)23-6-2)17-11-8-7-9(3)18-19-11/h7-8H,5-6H2,1-4H3,(H,17,19). The summed E-state index contributed by atoms with van der Waals surface area (Å²) in [4.78, 5) is 24.4. The maximum absolute atomic E-state index is 12.3. The van der Waals surface area contributed by atoms with Crippen LogP contribution in [0.1, 0.15) is 46.0 Å². The van der Waals surface area contributed by atoms with E-state index in [4.69, 9.17) is 13.9 Å². The average molecular weight is 333 g/mol. The lowest BCUT2D eigenvalue weighted by atomic mass is 10.1. The van der Waals surface area contributed by atoms with E-state index in [2.05, 4.69) is 15.5 Å². The molecule has 8 heteroatoms. The molecule has 0 saturated heterocycles. The van der Waals surface area contributed by atoms with Gasteiger partial charge in [0.2, 0.25) is 5.88 Å². The molecule has 2 rings (SSSR count). The Kier molecular flexibility index (Phi) is 5.51. The van der Waals surface area contributed by atoms with Gasteiger partial charge in [0.15, 0.2) is 5.82 Å². The Morgan fingerprint density at radius 2 is 1.67 bits per heavy atom. The minimum absolute atomic E-state index is 0.0184. The fourth-order valence-corrected chi connectivity index (χ4v) is 2.06. The van der Waals surface area contributed by atoms with Crippen LogP contribution in [-0.2, 0) is 9.47 Å². The third-order valence-corrected chi connectivity index (χ3v) is 3.08. The van der Waals surface area contributed by atoms with Crippen LogP contribution in [0.4, 0.5) is 11.7 Å². The zero-order valence-corrected chi connectivity index (χ0v) is 14.0. The van der Waals surface area contributed by atoms with Crippen LogP contribution in [0.15, 0.2) is 16.5 Å². The highest BCUT2D eigenvalue weighted by atomic mass is 16.5. The van der Waals surface area contributed by atoms with Gasteiger partial charge in [-0.25, -0.2) is 9.59 Å². The summed E-state index contributed by atoms with van der Waals surface area (Å²) in [6, 6.07) is 3.43. The number of aromatic nitrogens is 2. The van der Waals surface area contributed by atoms with Crippen LogP contribution >= 0.6 is 0 Å². The molecule has 0 radical (unpaired) electrons. The molecular formula is C16H19N3O5. The number of nitrogens with zero attached hydrogens (tertiary/aromatic N) is 2. The number of carbonyl (C=O) groups excluding carboxylic acids is 2. The van der Waals surface area contributed by atoms with Crippen molar-refractivity contribution in [3.05, 3.63) is 34.7 Å². The summed E-state index contributed by atoms with van der Waals surface area (Å²) in [5, 5.41) is 10.7. The molecule has 0 aliphatic carbocycles. The van der Waals surface area contributed by atoms with Crippen molar-refractivity contribution in [1.82, 2.24) is 10.2 Å². The van der Waals surface area contributed by atoms with Gasteiger partial charge in [0.25, 0.3) is 0 Å². The first kappa shape index (κ1) is 17.5. The zero-order valence-electron chi connectivity index (χ0n) is 14.0. The lowest BCUT2D eigenvalue weighted by Gasteiger charge is -2.06. The Hall–Kier alpha value is -2.90. The van der Waals surface area contributed by atoms with E-state index in [1.807, 2.05) is 0 Å². The summed E-state index contributed by atoms with van der Waals surface area (Å²) in [6.45, 7) is 7.07. The van der Waals surface area contributed by atoms with Crippen molar-refractivity contribution in [1.29, 1.82) is 0 Å². The molecule has 24 heavy (non-hydrogen) atoms. The molecule has 0 amide bonds. The van der Waals surface area contributed by atoms with Crippen LogP contribution in [0.25, 0.3) is 0 Å². The quantitative estimate of drug-likeness (QED) is 0.805. The van der Waals surface area contributed by atoms with E-state index >= 15 is 0 Å². The Morgan fingerprint density at radius 3 is 2.21 bits per heavy atom. The van der Waals surface area contributed by atoms with E-state index in [1.165, 1.54) is 0 Å². The number of ether oxygens (including phenoxy) is 2. The topological polar surface area (TPSA) is 104 Å². The molecule has 0 aliphatic rings. The number of nitrogens with one attached hydrogen (secondary N) is 1. The fraction of sp³-hybridized carbons (Fsp3) is 0.375. The van der Waals surface area contributed by atoms with Gasteiger partial charge >= 0.3 is 11.9 Å². The van der Waals surface area contributed by atoms with Gasteiger partial charge in [-0.1, -0.05) is 0 Å². The van der Waals surface area contributed by atoms with Gasteiger partial charge in [-0.3, -0.25) is 0 Å². The number of carbonyl (C=O) groups is 2. The first-order valence-electron chi connectivity index (χ1n) is 7.52. The molecule has 0 atom stereocenters. The van der Waals surface area contributed by atoms with Crippen LogP contribution in [0.5, 0.6) is 0 Å². The Bertz CT molecular complexity index is 737. The van der Waals surface area contributed by atoms with Crippen LogP contribution < -0.4 is 5.32 Å². The van der Waals surface area contributed by atoms with Gasteiger partial charge in [0.05, 0.1) is 18.9 Å². The summed E-state index contributed by atoms with van der Waals surface area (Å²) in [7, 11) is 0. The van der Waals surface area contributed by atoms with Crippen molar-refractivity contribution in [3.8, 4) is 0 Å². The normalized spacial score (nSPS) is 10.3. The van der Waals surface area contributed by atoms with Crippen molar-refractivity contribution in [3.63, 3.8) is 0 Å². The number of anilines is 2. The Labute approximate surface area is 139 Å². The summed E-state index contributed by atoms with van der Waals surface area (Å²) >= 11 is 0. The first-order valence-corrected chi connectivity index (χ1v) is 7.52. The van der Waals surface area contributed by atoms with E-state index in [1.54, 1.807) is 39.8 Å². The van der Waals surface area contributed by atoms with Gasteiger partial charge in [-0.15, -0.1) is 5.10 Å². The molecule has 2 aromatic rings. The fourth-order valence-electron chi connectivity index (χ4n) is 2.06. The third-order valence-electron chi connectivity index (χ3n) is 3.08. The number of hydrogen-bond acceptors (Lipinski definition) is 8. The summed E-state index contributed by atoms with van der Waals surface area (Å²) in [6.07, 6.45) is 0. The smallest absolute Gasteiger partial charge is 0.344 e. The molecule has 0 saturated carbocycles. The predicted octanol–water partition coefficient (Wildman–Crippen LogP) is 2.78. The molecule has 0 unspecified atom stereocenters. The summed E-state index contributed by atoms with van der Waals surface area (Å²) < 4.78 is 15.6. The first-order chi connectivity index (χ1) is 11.5. The third kappa shape index (κ3) is 3.70. The zero-order chi connectivity index (χ0) is 17.7. The van der Waals surface area contributed by atoms with Crippen LogP contribution in [0.2, 0.25) is 0 Å². The molecular weight excluding hydrogens is 314 g/mol. The molecule has 0 aromatic carbocycles. The van der Waals surface area contributed by atoms with Crippen LogP contribution in [0, 0.1) is 13.8 Å². The monoisotopic (exact) mass is 333 g/mol. The number of furan rings is 1. The van der Waals surface area contributed by atoms with Crippen molar-refractivity contribution in [2.24, 2.45) is 0 Å². The summed E-state index contributed by atoms with van der Waals surface area (Å²) in [5.74, 6) is -0.647. The highest BCUT2D eigenvalue weighted by Crippen LogP contribution is 2.30. The Balaban J connectivity index is 2.46. The average Bonchev–Trinajstić information content (AvgIpc) is 2.86. The minimum atomic E-state index is -0.681. The van der Waals surface area contributed by atoms with Crippen LogP contribution in [-0.4, -0.2) is 35.3 Å². The molecule has 1 N–H and O–H groups in total. The lowest BCUT2D eigenvalue weighted by molar-refractivity contribution is 0.0480. The second kappa shape index (κ2) is 7.58. The van der Waals surface area contributed by atoms with Crippen molar-refractivity contribution < 1.29 is 23.5 Å². The molecule has 2 heterocycles.